The van der Waals surface area contributed by atoms with Gasteiger partial charge in [0.15, 0.2) is 5.96 Å². The molecule has 1 aromatic rings. The SMILES string of the molecule is CN=C(NCCCN1CCCC(C(N)=O)C1)NCc1ccc(F)cc1C(F)(F)F. The first-order valence-corrected chi connectivity index (χ1v) is 9.52. The average Bonchev–Trinajstić information content (AvgIpc) is 2.67. The molecule has 4 N–H and O–H groups in total. The number of likely N-dealkylation sites (tertiary alicyclic amines) is 1. The molecule has 1 atom stereocenters. The number of piperidine rings is 1. The van der Waals surface area contributed by atoms with Crippen molar-refractivity contribution < 1.29 is 22.4 Å². The van der Waals surface area contributed by atoms with Crippen LogP contribution < -0.4 is 16.4 Å². The molecule has 0 aliphatic carbocycles. The molecule has 0 bridgehead atoms. The van der Waals surface area contributed by atoms with Crippen LogP contribution in [0.5, 0.6) is 0 Å². The lowest BCUT2D eigenvalue weighted by Gasteiger charge is -2.31. The second-order valence-electron chi connectivity index (χ2n) is 7.05. The third-order valence-corrected chi connectivity index (χ3v) is 4.90. The Morgan fingerprint density at radius 1 is 1.34 bits per heavy atom. The Hall–Kier alpha value is -2.36. The Balaban J connectivity index is 1.78. The Bertz CT molecular complexity index is 723. The number of nitrogens with two attached hydrogens (primary N) is 1. The summed E-state index contributed by atoms with van der Waals surface area (Å²) in [7, 11) is 1.52. The lowest BCUT2D eigenvalue weighted by Crippen LogP contribution is -2.43. The summed E-state index contributed by atoms with van der Waals surface area (Å²) in [5.74, 6) is -0.947. The Morgan fingerprint density at radius 2 is 2.10 bits per heavy atom. The van der Waals surface area contributed by atoms with Gasteiger partial charge in [-0.15, -0.1) is 0 Å². The number of carbonyl (C=O) groups excluding carboxylic acids is 1. The van der Waals surface area contributed by atoms with Crippen molar-refractivity contribution in [2.75, 3.05) is 33.2 Å². The molecular weight excluding hydrogens is 390 g/mol. The van der Waals surface area contributed by atoms with Crippen LogP contribution in [0.4, 0.5) is 17.6 Å². The van der Waals surface area contributed by atoms with E-state index in [4.69, 9.17) is 5.73 Å². The number of amides is 1. The highest BCUT2D eigenvalue weighted by molar-refractivity contribution is 5.79. The number of hydrogen-bond donors (Lipinski definition) is 3. The van der Waals surface area contributed by atoms with Crippen molar-refractivity contribution in [1.82, 2.24) is 15.5 Å². The standard InChI is InChI=1S/C19H27F4N5O/c1-25-18(26-7-3-9-28-8-2-4-14(12-28)17(24)29)27-11-13-5-6-15(20)10-16(13)19(21,22)23/h5-6,10,14H,2-4,7-9,11-12H2,1H3,(H2,24,29)(H2,25,26,27). The molecule has 1 saturated heterocycles. The number of benzene rings is 1. The summed E-state index contributed by atoms with van der Waals surface area (Å²) in [4.78, 5) is 17.5. The van der Waals surface area contributed by atoms with E-state index in [9.17, 15) is 22.4 Å². The minimum absolute atomic E-state index is 0.0624. The molecule has 1 amide bonds. The number of rotatable bonds is 7. The number of halogens is 4. The van der Waals surface area contributed by atoms with Gasteiger partial charge in [0.05, 0.1) is 11.5 Å². The van der Waals surface area contributed by atoms with Crippen molar-refractivity contribution in [3.63, 3.8) is 0 Å². The summed E-state index contributed by atoms with van der Waals surface area (Å²) < 4.78 is 52.4. The monoisotopic (exact) mass is 417 g/mol. The third kappa shape index (κ3) is 7.19. The van der Waals surface area contributed by atoms with Gasteiger partial charge in [-0.1, -0.05) is 6.07 Å². The van der Waals surface area contributed by atoms with Gasteiger partial charge in [-0.2, -0.15) is 13.2 Å². The van der Waals surface area contributed by atoms with Crippen LogP contribution in [0.25, 0.3) is 0 Å². The maximum atomic E-state index is 13.2. The van der Waals surface area contributed by atoms with Crippen LogP contribution in [0.15, 0.2) is 23.2 Å². The summed E-state index contributed by atoms with van der Waals surface area (Å²) in [6, 6.07) is 2.61. The number of primary amides is 1. The van der Waals surface area contributed by atoms with Crippen molar-refractivity contribution >= 4 is 11.9 Å². The molecule has 0 spiro atoms. The Kier molecular flexibility index (Phi) is 8.24. The molecular formula is C19H27F4N5O. The molecule has 2 rings (SSSR count). The molecule has 162 valence electrons. The van der Waals surface area contributed by atoms with E-state index < -0.39 is 17.6 Å². The van der Waals surface area contributed by atoms with E-state index in [0.717, 1.165) is 44.5 Å². The largest absolute Gasteiger partial charge is 0.416 e. The molecule has 1 aromatic carbocycles. The zero-order valence-electron chi connectivity index (χ0n) is 16.4. The van der Waals surface area contributed by atoms with Crippen LogP contribution in [-0.2, 0) is 17.5 Å². The molecule has 1 aliphatic heterocycles. The fourth-order valence-electron chi connectivity index (χ4n) is 3.37. The average molecular weight is 417 g/mol. The van der Waals surface area contributed by atoms with Gasteiger partial charge in [-0.25, -0.2) is 4.39 Å². The van der Waals surface area contributed by atoms with Crippen LogP contribution in [0.2, 0.25) is 0 Å². The van der Waals surface area contributed by atoms with Crippen LogP contribution in [0.3, 0.4) is 0 Å². The van der Waals surface area contributed by atoms with Gasteiger partial charge in [0.2, 0.25) is 5.91 Å². The van der Waals surface area contributed by atoms with Crippen LogP contribution >= 0.6 is 0 Å². The van der Waals surface area contributed by atoms with Crippen molar-refractivity contribution in [2.24, 2.45) is 16.6 Å². The third-order valence-electron chi connectivity index (χ3n) is 4.90. The molecule has 1 aliphatic rings. The zero-order chi connectivity index (χ0) is 21.4. The molecule has 10 heteroatoms. The summed E-state index contributed by atoms with van der Waals surface area (Å²) in [5.41, 5.74) is 4.31. The number of guanidine groups is 1. The van der Waals surface area contributed by atoms with E-state index in [1.54, 1.807) is 0 Å². The van der Waals surface area contributed by atoms with Gasteiger partial charge in [0.1, 0.15) is 5.82 Å². The predicted octanol–water partition coefficient (Wildman–Crippen LogP) is 2.10. The topological polar surface area (TPSA) is 82.8 Å². The molecule has 6 nitrogen and oxygen atoms in total. The van der Waals surface area contributed by atoms with E-state index in [-0.39, 0.29) is 23.9 Å². The fourth-order valence-corrected chi connectivity index (χ4v) is 3.37. The number of nitrogens with zero attached hydrogens (tertiary/aromatic N) is 2. The highest BCUT2D eigenvalue weighted by Gasteiger charge is 2.33. The molecule has 0 aromatic heterocycles. The zero-order valence-corrected chi connectivity index (χ0v) is 16.4. The van der Waals surface area contributed by atoms with Crippen LogP contribution in [-0.4, -0.2) is 50.0 Å². The fraction of sp³-hybridized carbons (Fsp3) is 0.579. The van der Waals surface area contributed by atoms with E-state index >= 15 is 0 Å². The van der Waals surface area contributed by atoms with Crippen LogP contribution in [0, 0.1) is 11.7 Å². The van der Waals surface area contributed by atoms with Gasteiger partial charge in [-0.05, 0) is 50.0 Å². The van der Waals surface area contributed by atoms with E-state index in [1.807, 2.05) is 0 Å². The molecule has 0 saturated carbocycles. The smallest absolute Gasteiger partial charge is 0.369 e. The maximum Gasteiger partial charge on any atom is 0.416 e. The summed E-state index contributed by atoms with van der Waals surface area (Å²) in [6.45, 7) is 2.78. The molecule has 1 unspecified atom stereocenters. The summed E-state index contributed by atoms with van der Waals surface area (Å²) in [5, 5.41) is 5.87. The van der Waals surface area contributed by atoms with Crippen molar-refractivity contribution in [3.8, 4) is 0 Å². The van der Waals surface area contributed by atoms with Crippen molar-refractivity contribution in [1.29, 1.82) is 0 Å². The number of aliphatic imine (C=N–C) groups is 1. The highest BCUT2D eigenvalue weighted by Crippen LogP contribution is 2.32. The van der Waals surface area contributed by atoms with Crippen molar-refractivity contribution in [2.45, 2.75) is 32.0 Å². The van der Waals surface area contributed by atoms with Gasteiger partial charge >= 0.3 is 6.18 Å². The lowest BCUT2D eigenvalue weighted by molar-refractivity contribution is -0.138. The Labute approximate surface area is 167 Å². The molecule has 1 heterocycles. The minimum atomic E-state index is -4.63. The first-order chi connectivity index (χ1) is 13.7. The van der Waals surface area contributed by atoms with Crippen LogP contribution in [0.1, 0.15) is 30.4 Å². The number of nitrogens with one attached hydrogen (secondary N) is 2. The van der Waals surface area contributed by atoms with Gasteiger partial charge in [0, 0.05) is 26.7 Å². The van der Waals surface area contributed by atoms with Gasteiger partial charge in [0.25, 0.3) is 0 Å². The van der Waals surface area contributed by atoms with Gasteiger partial charge in [-0.3, -0.25) is 9.79 Å². The minimum Gasteiger partial charge on any atom is -0.369 e. The number of alkyl halides is 3. The number of hydrogen-bond acceptors (Lipinski definition) is 3. The molecule has 29 heavy (non-hydrogen) atoms. The quantitative estimate of drug-likeness (QED) is 0.275. The van der Waals surface area contributed by atoms with Gasteiger partial charge < -0.3 is 21.3 Å². The number of carbonyl (C=O) groups is 1. The van der Waals surface area contributed by atoms with E-state index in [0.29, 0.717) is 25.1 Å². The second-order valence-corrected chi connectivity index (χ2v) is 7.05. The van der Waals surface area contributed by atoms with E-state index in [1.165, 1.54) is 7.05 Å². The second kappa shape index (κ2) is 10.4. The first kappa shape index (κ1) is 22.9. The summed E-state index contributed by atoms with van der Waals surface area (Å²) in [6.07, 6.45) is -2.10. The Morgan fingerprint density at radius 3 is 2.76 bits per heavy atom. The van der Waals surface area contributed by atoms with Crippen molar-refractivity contribution in [3.05, 3.63) is 35.1 Å². The van der Waals surface area contributed by atoms with E-state index in [2.05, 4.69) is 20.5 Å². The normalized spacial score (nSPS) is 18.5. The maximum absolute atomic E-state index is 13.2. The highest BCUT2D eigenvalue weighted by atomic mass is 19.4. The lowest BCUT2D eigenvalue weighted by atomic mass is 9.97. The molecule has 0 radical (unpaired) electrons. The predicted molar refractivity (Wildman–Crippen MR) is 103 cm³/mol. The first-order valence-electron chi connectivity index (χ1n) is 9.52. The molecule has 1 fully saturated rings. The summed E-state index contributed by atoms with van der Waals surface area (Å²) >= 11 is 0.